The molecule has 0 aliphatic heterocycles. The van der Waals surface area contributed by atoms with Gasteiger partial charge in [-0.2, -0.15) is 0 Å². The lowest BCUT2D eigenvalue weighted by atomic mass is 10.4. The predicted molar refractivity (Wildman–Crippen MR) is 54.6 cm³/mol. The van der Waals surface area contributed by atoms with Gasteiger partial charge in [0.05, 0.1) is 25.9 Å². The van der Waals surface area contributed by atoms with Crippen LogP contribution >= 0.6 is 0 Å². The van der Waals surface area contributed by atoms with Crippen LogP contribution in [0.5, 0.6) is 0 Å². The van der Waals surface area contributed by atoms with Crippen LogP contribution in [0.15, 0.2) is 0 Å². The van der Waals surface area contributed by atoms with Gasteiger partial charge in [-0.3, -0.25) is 0 Å². The van der Waals surface area contributed by atoms with Crippen LogP contribution in [0.4, 0.5) is 0 Å². The van der Waals surface area contributed by atoms with Crippen molar-refractivity contribution in [1.82, 2.24) is 0 Å². The SMILES string of the molecule is COCCCOCCOCC(C)OC. The van der Waals surface area contributed by atoms with Gasteiger partial charge >= 0.3 is 0 Å². The molecule has 0 N–H and O–H groups in total. The molecule has 0 spiro atoms. The normalized spacial score (nSPS) is 13.1. The van der Waals surface area contributed by atoms with Gasteiger partial charge in [0.25, 0.3) is 0 Å². The van der Waals surface area contributed by atoms with Crippen LogP contribution in [-0.4, -0.2) is 53.4 Å². The molecule has 0 aromatic rings. The fourth-order valence-corrected chi connectivity index (χ4v) is 0.843. The number of hydrogen-bond donors (Lipinski definition) is 0. The Morgan fingerprint density at radius 2 is 1.64 bits per heavy atom. The first-order valence-electron chi connectivity index (χ1n) is 4.98. The summed E-state index contributed by atoms with van der Waals surface area (Å²) in [5, 5.41) is 0. The van der Waals surface area contributed by atoms with Gasteiger partial charge < -0.3 is 18.9 Å². The van der Waals surface area contributed by atoms with Gasteiger partial charge in [0.1, 0.15) is 0 Å². The first-order valence-corrected chi connectivity index (χ1v) is 4.98. The van der Waals surface area contributed by atoms with E-state index in [9.17, 15) is 0 Å². The maximum atomic E-state index is 5.31. The molecule has 0 aromatic carbocycles. The van der Waals surface area contributed by atoms with E-state index in [-0.39, 0.29) is 6.10 Å². The van der Waals surface area contributed by atoms with Crippen molar-refractivity contribution >= 4 is 0 Å². The summed E-state index contributed by atoms with van der Waals surface area (Å²) >= 11 is 0. The van der Waals surface area contributed by atoms with Gasteiger partial charge in [0, 0.05) is 27.4 Å². The summed E-state index contributed by atoms with van der Waals surface area (Å²) < 4.78 is 20.5. The smallest absolute Gasteiger partial charge is 0.0776 e. The fraction of sp³-hybridized carbons (Fsp3) is 1.00. The third-order valence-electron chi connectivity index (χ3n) is 1.76. The molecule has 0 saturated carbocycles. The van der Waals surface area contributed by atoms with E-state index in [0.29, 0.717) is 19.8 Å². The Bertz CT molecular complexity index is 108. The molecular weight excluding hydrogens is 184 g/mol. The monoisotopic (exact) mass is 206 g/mol. The highest BCUT2D eigenvalue weighted by Crippen LogP contribution is 1.89. The first kappa shape index (κ1) is 13.8. The van der Waals surface area contributed by atoms with Crippen molar-refractivity contribution in [2.24, 2.45) is 0 Å². The Hall–Kier alpha value is -0.160. The second-order valence-electron chi connectivity index (χ2n) is 3.08. The number of rotatable bonds is 10. The van der Waals surface area contributed by atoms with Crippen molar-refractivity contribution in [2.75, 3.05) is 47.3 Å². The standard InChI is InChI=1S/C10H22O4/c1-10(12-3)9-14-8-7-13-6-4-5-11-2/h10H,4-9H2,1-3H3. The zero-order valence-electron chi connectivity index (χ0n) is 9.45. The summed E-state index contributed by atoms with van der Waals surface area (Å²) in [5.41, 5.74) is 0. The van der Waals surface area contributed by atoms with Crippen molar-refractivity contribution in [2.45, 2.75) is 19.4 Å². The molecule has 14 heavy (non-hydrogen) atoms. The zero-order chi connectivity index (χ0) is 10.6. The average molecular weight is 206 g/mol. The minimum atomic E-state index is 0.156. The van der Waals surface area contributed by atoms with Crippen molar-refractivity contribution in [3.05, 3.63) is 0 Å². The van der Waals surface area contributed by atoms with E-state index in [1.54, 1.807) is 14.2 Å². The quantitative estimate of drug-likeness (QED) is 0.501. The van der Waals surface area contributed by atoms with E-state index in [1.807, 2.05) is 6.92 Å². The molecule has 4 nitrogen and oxygen atoms in total. The second-order valence-corrected chi connectivity index (χ2v) is 3.08. The van der Waals surface area contributed by atoms with Gasteiger partial charge in [0.15, 0.2) is 0 Å². The number of ether oxygens (including phenoxy) is 4. The first-order chi connectivity index (χ1) is 6.81. The Morgan fingerprint density at radius 1 is 0.929 bits per heavy atom. The Labute approximate surface area is 86.5 Å². The van der Waals surface area contributed by atoms with E-state index in [2.05, 4.69) is 0 Å². The molecule has 1 unspecified atom stereocenters. The highest BCUT2D eigenvalue weighted by Gasteiger charge is 1.97. The van der Waals surface area contributed by atoms with Crippen LogP contribution in [0.2, 0.25) is 0 Å². The van der Waals surface area contributed by atoms with Gasteiger partial charge in [-0.05, 0) is 13.3 Å². The lowest BCUT2D eigenvalue weighted by Gasteiger charge is -2.10. The summed E-state index contributed by atoms with van der Waals surface area (Å²) in [4.78, 5) is 0. The largest absolute Gasteiger partial charge is 0.385 e. The Morgan fingerprint density at radius 3 is 2.29 bits per heavy atom. The summed E-state index contributed by atoms with van der Waals surface area (Å²) in [7, 11) is 3.37. The number of hydrogen-bond acceptors (Lipinski definition) is 4. The molecule has 0 heterocycles. The maximum Gasteiger partial charge on any atom is 0.0776 e. The third kappa shape index (κ3) is 9.92. The fourth-order valence-electron chi connectivity index (χ4n) is 0.843. The van der Waals surface area contributed by atoms with E-state index in [0.717, 1.165) is 19.6 Å². The van der Waals surface area contributed by atoms with Gasteiger partial charge in [0.2, 0.25) is 0 Å². The molecule has 0 aliphatic rings. The lowest BCUT2D eigenvalue weighted by Crippen LogP contribution is -2.16. The Balaban J connectivity index is 2.92. The van der Waals surface area contributed by atoms with Crippen molar-refractivity contribution in [1.29, 1.82) is 0 Å². The van der Waals surface area contributed by atoms with Crippen LogP contribution in [-0.2, 0) is 18.9 Å². The van der Waals surface area contributed by atoms with Gasteiger partial charge in [-0.15, -0.1) is 0 Å². The average Bonchev–Trinajstić information content (AvgIpc) is 2.21. The zero-order valence-corrected chi connectivity index (χ0v) is 9.45. The molecule has 4 heteroatoms. The molecule has 0 radical (unpaired) electrons. The Kier molecular flexibility index (Phi) is 10.8. The van der Waals surface area contributed by atoms with E-state index in [1.165, 1.54) is 0 Å². The molecule has 0 fully saturated rings. The topological polar surface area (TPSA) is 36.9 Å². The molecule has 0 aromatic heterocycles. The summed E-state index contributed by atoms with van der Waals surface area (Å²) in [5.74, 6) is 0. The van der Waals surface area contributed by atoms with Crippen LogP contribution in [0.1, 0.15) is 13.3 Å². The molecule has 1 atom stereocenters. The molecular formula is C10H22O4. The predicted octanol–water partition coefficient (Wildman–Crippen LogP) is 1.09. The van der Waals surface area contributed by atoms with Crippen LogP contribution in [0.25, 0.3) is 0 Å². The van der Waals surface area contributed by atoms with Crippen molar-refractivity contribution in [3.63, 3.8) is 0 Å². The van der Waals surface area contributed by atoms with Gasteiger partial charge in [-0.25, -0.2) is 0 Å². The third-order valence-corrected chi connectivity index (χ3v) is 1.76. The lowest BCUT2D eigenvalue weighted by molar-refractivity contribution is -0.00823. The minimum absolute atomic E-state index is 0.156. The minimum Gasteiger partial charge on any atom is -0.385 e. The van der Waals surface area contributed by atoms with Crippen molar-refractivity contribution in [3.8, 4) is 0 Å². The number of methoxy groups -OCH3 is 2. The van der Waals surface area contributed by atoms with Crippen LogP contribution in [0, 0.1) is 0 Å². The molecule has 0 rings (SSSR count). The summed E-state index contributed by atoms with van der Waals surface area (Å²) in [6.07, 6.45) is 1.09. The molecule has 0 bridgehead atoms. The summed E-state index contributed by atoms with van der Waals surface area (Å²) in [6, 6.07) is 0. The van der Waals surface area contributed by atoms with E-state index < -0.39 is 0 Å². The molecule has 0 saturated heterocycles. The highest BCUT2D eigenvalue weighted by molar-refractivity contribution is 4.44. The van der Waals surface area contributed by atoms with Crippen molar-refractivity contribution < 1.29 is 18.9 Å². The van der Waals surface area contributed by atoms with Gasteiger partial charge in [-0.1, -0.05) is 0 Å². The second kappa shape index (κ2) is 10.9. The maximum absolute atomic E-state index is 5.31. The van der Waals surface area contributed by atoms with E-state index in [4.69, 9.17) is 18.9 Å². The molecule has 0 amide bonds. The highest BCUT2D eigenvalue weighted by atomic mass is 16.5. The van der Waals surface area contributed by atoms with Crippen LogP contribution in [0.3, 0.4) is 0 Å². The van der Waals surface area contributed by atoms with E-state index >= 15 is 0 Å². The molecule has 0 aliphatic carbocycles. The summed E-state index contributed by atoms with van der Waals surface area (Å²) in [6.45, 7) is 5.34. The molecule has 86 valence electrons. The van der Waals surface area contributed by atoms with Crippen LogP contribution < -0.4 is 0 Å².